The molecule has 0 aliphatic heterocycles. The van der Waals surface area contributed by atoms with Gasteiger partial charge < -0.3 is 0 Å². The molecule has 1 aliphatic carbocycles. The smallest absolute Gasteiger partial charge is 0.132 e. The predicted molar refractivity (Wildman–Crippen MR) is 99.3 cm³/mol. The molecule has 0 aromatic heterocycles. The summed E-state index contributed by atoms with van der Waals surface area (Å²) in [5.41, 5.74) is 3.89. The maximum atomic E-state index is 11.6. The Labute approximate surface area is 141 Å². The second-order valence-electron chi connectivity index (χ2n) is 6.71. The number of benzene rings is 1. The van der Waals surface area contributed by atoms with Gasteiger partial charge in [-0.1, -0.05) is 74.2 Å². The van der Waals surface area contributed by atoms with Gasteiger partial charge in [-0.2, -0.15) is 0 Å². The van der Waals surface area contributed by atoms with Gasteiger partial charge in [0.2, 0.25) is 0 Å². The molecule has 0 N–H and O–H groups in total. The fourth-order valence-corrected chi connectivity index (χ4v) is 3.30. The molecule has 1 aromatic carbocycles. The lowest BCUT2D eigenvalue weighted by Crippen LogP contribution is -2.03. The molecule has 0 spiro atoms. The third kappa shape index (κ3) is 5.82. The largest absolute Gasteiger partial charge is 0.300 e. The molecule has 0 bridgehead atoms. The van der Waals surface area contributed by atoms with E-state index < -0.39 is 0 Å². The summed E-state index contributed by atoms with van der Waals surface area (Å²) in [6.07, 6.45) is 13.7. The van der Waals surface area contributed by atoms with E-state index in [4.69, 9.17) is 0 Å². The average Bonchev–Trinajstić information content (AvgIpc) is 2.61. The first-order valence-corrected chi connectivity index (χ1v) is 9.15. The summed E-state index contributed by atoms with van der Waals surface area (Å²) in [5, 5.41) is 0. The van der Waals surface area contributed by atoms with Gasteiger partial charge in [-0.05, 0) is 43.2 Å². The molecular weight excluding hydrogens is 280 g/mol. The zero-order chi connectivity index (χ0) is 16.5. The van der Waals surface area contributed by atoms with Gasteiger partial charge in [0, 0.05) is 12.8 Å². The minimum Gasteiger partial charge on any atom is -0.300 e. The molecule has 1 aliphatic rings. The summed E-state index contributed by atoms with van der Waals surface area (Å²) in [6.45, 7) is 4.12. The Balaban J connectivity index is 2.17. The molecule has 1 heteroatoms. The van der Waals surface area contributed by atoms with Gasteiger partial charge in [-0.15, -0.1) is 0 Å². The van der Waals surface area contributed by atoms with Crippen LogP contribution in [0.25, 0.3) is 5.57 Å². The first kappa shape index (κ1) is 17.7. The summed E-state index contributed by atoms with van der Waals surface area (Å²) in [5.74, 6) is 1.08. The maximum absolute atomic E-state index is 11.6. The van der Waals surface area contributed by atoms with E-state index in [1.54, 1.807) is 0 Å². The van der Waals surface area contributed by atoms with Gasteiger partial charge in [0.15, 0.2) is 0 Å². The minimum absolute atomic E-state index is 0.355. The molecule has 0 radical (unpaired) electrons. The van der Waals surface area contributed by atoms with Gasteiger partial charge in [-0.3, -0.25) is 4.79 Å². The van der Waals surface area contributed by atoms with Gasteiger partial charge in [0.05, 0.1) is 0 Å². The third-order valence-corrected chi connectivity index (χ3v) is 4.90. The van der Waals surface area contributed by atoms with Crippen LogP contribution in [0.5, 0.6) is 0 Å². The van der Waals surface area contributed by atoms with E-state index >= 15 is 0 Å². The van der Waals surface area contributed by atoms with Crippen LogP contribution in [0.3, 0.4) is 0 Å². The normalized spacial score (nSPS) is 17.3. The van der Waals surface area contributed by atoms with Gasteiger partial charge in [0.25, 0.3) is 0 Å². The number of Topliss-reactive ketones (excluding diaryl/α,β-unsaturated/α-hetero) is 1. The Kier molecular flexibility index (Phi) is 7.32. The van der Waals surface area contributed by atoms with Crippen LogP contribution >= 0.6 is 0 Å². The van der Waals surface area contributed by atoms with Crippen molar-refractivity contribution in [2.75, 3.05) is 0 Å². The number of allylic oxidation sites excluding steroid dienone is 4. The Bertz CT molecular complexity index is 545. The summed E-state index contributed by atoms with van der Waals surface area (Å²) in [4.78, 5) is 11.6. The molecule has 0 amide bonds. The van der Waals surface area contributed by atoms with Crippen LogP contribution in [0.15, 0.2) is 48.1 Å². The highest BCUT2D eigenvalue weighted by molar-refractivity contribution is 5.80. The highest BCUT2D eigenvalue weighted by Crippen LogP contribution is 2.28. The molecule has 2 rings (SSSR count). The van der Waals surface area contributed by atoms with E-state index in [2.05, 4.69) is 49.4 Å². The SMILES string of the molecule is CCC(=O)CC/C(C)=C(\C=C\C1CCCCC1)c1ccccc1. The van der Waals surface area contributed by atoms with Crippen molar-refractivity contribution in [2.45, 2.75) is 65.2 Å². The van der Waals surface area contributed by atoms with Crippen LogP contribution in [0.4, 0.5) is 0 Å². The molecule has 0 heterocycles. The lowest BCUT2D eigenvalue weighted by Gasteiger charge is -2.18. The molecule has 1 saturated carbocycles. The van der Waals surface area contributed by atoms with Crippen LogP contribution < -0.4 is 0 Å². The van der Waals surface area contributed by atoms with E-state index in [9.17, 15) is 4.79 Å². The zero-order valence-corrected chi connectivity index (χ0v) is 14.7. The van der Waals surface area contributed by atoms with Crippen molar-refractivity contribution in [2.24, 2.45) is 5.92 Å². The van der Waals surface area contributed by atoms with E-state index in [0.29, 0.717) is 18.6 Å². The number of hydrogen-bond donors (Lipinski definition) is 0. The van der Waals surface area contributed by atoms with Crippen LogP contribution in [-0.2, 0) is 4.79 Å². The first-order chi connectivity index (χ1) is 11.2. The van der Waals surface area contributed by atoms with Gasteiger partial charge in [-0.25, -0.2) is 0 Å². The van der Waals surface area contributed by atoms with E-state index in [-0.39, 0.29) is 0 Å². The molecule has 0 atom stereocenters. The average molecular weight is 310 g/mol. The molecule has 1 aromatic rings. The van der Waals surface area contributed by atoms with E-state index in [0.717, 1.165) is 12.3 Å². The maximum Gasteiger partial charge on any atom is 0.132 e. The van der Waals surface area contributed by atoms with Crippen molar-refractivity contribution < 1.29 is 4.79 Å². The Morgan fingerprint density at radius 3 is 2.43 bits per heavy atom. The number of carbonyl (C=O) groups is 1. The number of carbonyl (C=O) groups excluding carboxylic acids is 1. The van der Waals surface area contributed by atoms with Crippen molar-refractivity contribution in [1.29, 1.82) is 0 Å². The molecule has 124 valence electrons. The minimum atomic E-state index is 0.355. The van der Waals surface area contributed by atoms with Crippen LogP contribution in [-0.4, -0.2) is 5.78 Å². The lowest BCUT2D eigenvalue weighted by atomic mass is 9.87. The van der Waals surface area contributed by atoms with E-state index in [1.807, 2.05) is 6.92 Å². The fourth-order valence-electron chi connectivity index (χ4n) is 3.30. The van der Waals surface area contributed by atoms with Crippen LogP contribution in [0.2, 0.25) is 0 Å². The lowest BCUT2D eigenvalue weighted by molar-refractivity contribution is -0.118. The van der Waals surface area contributed by atoms with Gasteiger partial charge >= 0.3 is 0 Å². The first-order valence-electron chi connectivity index (χ1n) is 9.15. The highest BCUT2D eigenvalue weighted by Gasteiger charge is 2.11. The molecule has 1 nitrogen and oxygen atoms in total. The van der Waals surface area contributed by atoms with E-state index in [1.165, 1.54) is 48.8 Å². The second kappa shape index (κ2) is 9.50. The van der Waals surface area contributed by atoms with Crippen molar-refractivity contribution in [3.63, 3.8) is 0 Å². The third-order valence-electron chi connectivity index (χ3n) is 4.90. The molecule has 1 fully saturated rings. The van der Waals surface area contributed by atoms with Crippen molar-refractivity contribution in [3.05, 3.63) is 53.6 Å². The Morgan fingerprint density at radius 1 is 1.09 bits per heavy atom. The quantitative estimate of drug-likeness (QED) is 0.536. The summed E-state index contributed by atoms with van der Waals surface area (Å²) in [6, 6.07) is 10.6. The second-order valence-corrected chi connectivity index (χ2v) is 6.71. The van der Waals surface area contributed by atoms with Crippen molar-refractivity contribution in [3.8, 4) is 0 Å². The Morgan fingerprint density at radius 2 is 1.78 bits per heavy atom. The van der Waals surface area contributed by atoms with Crippen molar-refractivity contribution in [1.82, 2.24) is 0 Å². The van der Waals surface area contributed by atoms with Crippen LogP contribution in [0.1, 0.15) is 70.8 Å². The summed E-state index contributed by atoms with van der Waals surface area (Å²) in [7, 11) is 0. The molecular formula is C22H30O. The predicted octanol–water partition coefficient (Wildman–Crippen LogP) is 6.36. The topological polar surface area (TPSA) is 17.1 Å². The van der Waals surface area contributed by atoms with Crippen LogP contribution in [0, 0.1) is 5.92 Å². The molecule has 0 unspecified atom stereocenters. The summed E-state index contributed by atoms with van der Waals surface area (Å²) < 4.78 is 0. The number of hydrogen-bond acceptors (Lipinski definition) is 1. The number of rotatable bonds is 7. The molecule has 0 saturated heterocycles. The monoisotopic (exact) mass is 310 g/mol. The standard InChI is InChI=1S/C22H30O/c1-3-21(23)16-14-18(2)22(20-12-8-5-9-13-20)17-15-19-10-6-4-7-11-19/h5,8-9,12-13,15,17,19H,3-4,6-7,10-11,14,16H2,1-2H3/b17-15+,22-18+. The molecule has 23 heavy (non-hydrogen) atoms. The van der Waals surface area contributed by atoms with Crippen molar-refractivity contribution >= 4 is 11.4 Å². The Hall–Kier alpha value is -1.63. The fraction of sp³-hybridized carbons (Fsp3) is 0.500. The summed E-state index contributed by atoms with van der Waals surface area (Å²) >= 11 is 0. The van der Waals surface area contributed by atoms with Gasteiger partial charge in [0.1, 0.15) is 5.78 Å². The zero-order valence-electron chi connectivity index (χ0n) is 14.7. The highest BCUT2D eigenvalue weighted by atomic mass is 16.1. The number of ketones is 1.